The quantitative estimate of drug-likeness (QED) is 0.697. The lowest BCUT2D eigenvalue weighted by Crippen LogP contribution is -2.26. The Bertz CT molecular complexity index is 764. The summed E-state index contributed by atoms with van der Waals surface area (Å²) in [5.41, 5.74) is 0.493. The average molecular weight is 424 g/mol. The molecule has 2 rings (SSSR count). The molecule has 2 amide bonds. The maximum Gasteiger partial charge on any atom is 0.278 e. The van der Waals surface area contributed by atoms with E-state index in [-0.39, 0.29) is 11.0 Å². The van der Waals surface area contributed by atoms with Crippen molar-refractivity contribution in [3.8, 4) is 5.75 Å². The summed E-state index contributed by atoms with van der Waals surface area (Å²) in [6.45, 7) is 0.350. The van der Waals surface area contributed by atoms with Gasteiger partial charge in [0.05, 0.1) is 7.11 Å². The minimum atomic E-state index is -2.07. The van der Waals surface area contributed by atoms with Crippen LogP contribution < -0.4 is 15.4 Å². The summed E-state index contributed by atoms with van der Waals surface area (Å²) in [5.74, 6) is -0.439. The van der Waals surface area contributed by atoms with E-state index in [1.807, 2.05) is 0 Å². The Morgan fingerprint density at radius 1 is 1.28 bits per heavy atom. The van der Waals surface area contributed by atoms with Crippen LogP contribution in [-0.4, -0.2) is 39.5 Å². The number of methoxy groups -OCH3 is 1. The first-order valence-corrected chi connectivity index (χ1v) is 8.87. The molecule has 2 aromatic rings. The van der Waals surface area contributed by atoms with Crippen molar-refractivity contribution >= 4 is 63.1 Å². The summed E-state index contributed by atoms with van der Waals surface area (Å²) in [5, 5.41) is 13.6. The van der Waals surface area contributed by atoms with Gasteiger partial charge in [-0.2, -0.15) is 0 Å². The molecule has 7 nitrogen and oxygen atoms in total. The molecule has 0 saturated carbocycles. The Hall–Kier alpha value is -1.61. The molecule has 134 valence electrons. The standard InChI is InChI=1S/C14H13Cl3N4O3S/c1-24-9-4-2-3-8(7-9)11(22)18-6-5-10-20-21-13(25-10)19-12(23)14(15,16)17/h2-4,7H,5-6H2,1H3,(H,18,22)(H,19,21,23). The fourth-order valence-electron chi connectivity index (χ4n) is 1.72. The SMILES string of the molecule is COc1cccc(C(=O)NCCc2nnc(NC(=O)C(Cl)(Cl)Cl)s2)c1. The van der Waals surface area contributed by atoms with E-state index in [1.165, 1.54) is 7.11 Å². The third-order valence-electron chi connectivity index (χ3n) is 2.90. The molecule has 25 heavy (non-hydrogen) atoms. The highest BCUT2D eigenvalue weighted by Gasteiger charge is 2.31. The Morgan fingerprint density at radius 3 is 2.72 bits per heavy atom. The molecule has 0 radical (unpaired) electrons. The number of aromatic nitrogens is 2. The van der Waals surface area contributed by atoms with Crippen LogP contribution in [0.15, 0.2) is 24.3 Å². The van der Waals surface area contributed by atoms with Gasteiger partial charge < -0.3 is 10.1 Å². The second-order valence-electron chi connectivity index (χ2n) is 4.69. The normalized spacial score (nSPS) is 11.0. The third-order valence-corrected chi connectivity index (χ3v) is 4.31. The number of anilines is 1. The summed E-state index contributed by atoms with van der Waals surface area (Å²) in [7, 11) is 1.53. The van der Waals surface area contributed by atoms with Gasteiger partial charge in [0.25, 0.3) is 15.6 Å². The number of amides is 2. The minimum absolute atomic E-state index is 0.213. The average Bonchev–Trinajstić information content (AvgIpc) is 3.01. The molecule has 1 aromatic heterocycles. The minimum Gasteiger partial charge on any atom is -0.497 e. The van der Waals surface area contributed by atoms with Gasteiger partial charge in [-0.3, -0.25) is 14.9 Å². The summed E-state index contributed by atoms with van der Waals surface area (Å²) >= 11 is 17.5. The van der Waals surface area contributed by atoms with Crippen molar-refractivity contribution in [3.05, 3.63) is 34.8 Å². The topological polar surface area (TPSA) is 93.2 Å². The zero-order valence-electron chi connectivity index (χ0n) is 12.9. The number of nitrogens with one attached hydrogen (secondary N) is 2. The number of carbonyl (C=O) groups is 2. The molecule has 0 saturated heterocycles. The molecule has 1 heterocycles. The first-order valence-electron chi connectivity index (χ1n) is 6.92. The molecule has 0 atom stereocenters. The number of ether oxygens (including phenoxy) is 1. The van der Waals surface area contributed by atoms with Crippen LogP contribution in [-0.2, 0) is 11.2 Å². The van der Waals surface area contributed by atoms with E-state index in [9.17, 15) is 9.59 Å². The number of benzene rings is 1. The van der Waals surface area contributed by atoms with E-state index >= 15 is 0 Å². The Kier molecular flexibility index (Phi) is 6.83. The zero-order valence-corrected chi connectivity index (χ0v) is 16.0. The van der Waals surface area contributed by atoms with Crippen molar-refractivity contribution < 1.29 is 14.3 Å². The van der Waals surface area contributed by atoms with Crippen LogP contribution in [0.5, 0.6) is 5.75 Å². The summed E-state index contributed by atoms with van der Waals surface area (Å²) < 4.78 is 3.00. The fraction of sp³-hybridized carbons (Fsp3) is 0.286. The largest absolute Gasteiger partial charge is 0.497 e. The van der Waals surface area contributed by atoms with Crippen molar-refractivity contribution in [1.82, 2.24) is 15.5 Å². The van der Waals surface area contributed by atoms with Crippen LogP contribution in [0.25, 0.3) is 0 Å². The lowest BCUT2D eigenvalue weighted by atomic mass is 10.2. The van der Waals surface area contributed by atoms with Gasteiger partial charge in [-0.25, -0.2) is 0 Å². The molecule has 0 fully saturated rings. The summed E-state index contributed by atoms with van der Waals surface area (Å²) in [6.07, 6.45) is 0.441. The number of halogens is 3. The van der Waals surface area contributed by atoms with E-state index in [4.69, 9.17) is 39.5 Å². The highest BCUT2D eigenvalue weighted by atomic mass is 35.6. The van der Waals surface area contributed by atoms with Crippen LogP contribution in [0.2, 0.25) is 0 Å². The number of nitrogens with zero attached hydrogens (tertiary/aromatic N) is 2. The van der Waals surface area contributed by atoms with Crippen molar-refractivity contribution in [1.29, 1.82) is 0 Å². The highest BCUT2D eigenvalue weighted by Crippen LogP contribution is 2.28. The number of rotatable bonds is 6. The second-order valence-corrected chi connectivity index (χ2v) is 8.03. The van der Waals surface area contributed by atoms with Gasteiger partial charge in [0, 0.05) is 18.5 Å². The molecule has 0 unspecified atom stereocenters. The molecule has 2 N–H and O–H groups in total. The van der Waals surface area contributed by atoms with E-state index in [0.29, 0.717) is 29.3 Å². The predicted octanol–water partition coefficient (Wildman–Crippen LogP) is 2.83. The fourth-order valence-corrected chi connectivity index (χ4v) is 2.60. The van der Waals surface area contributed by atoms with Crippen LogP contribution in [0.1, 0.15) is 15.4 Å². The van der Waals surface area contributed by atoms with Gasteiger partial charge >= 0.3 is 0 Å². The van der Waals surface area contributed by atoms with Crippen LogP contribution in [0.4, 0.5) is 5.13 Å². The zero-order chi connectivity index (χ0) is 18.4. The van der Waals surface area contributed by atoms with Gasteiger partial charge in [-0.05, 0) is 18.2 Å². The molecule has 0 aliphatic heterocycles. The number of carbonyl (C=O) groups excluding carboxylic acids is 2. The van der Waals surface area contributed by atoms with Crippen molar-refractivity contribution in [2.45, 2.75) is 10.2 Å². The van der Waals surface area contributed by atoms with Gasteiger partial charge in [0.1, 0.15) is 10.8 Å². The third kappa shape index (κ3) is 6.00. The van der Waals surface area contributed by atoms with Crippen LogP contribution >= 0.6 is 46.1 Å². The van der Waals surface area contributed by atoms with Gasteiger partial charge in [-0.15, -0.1) is 10.2 Å². The van der Waals surface area contributed by atoms with E-state index in [2.05, 4.69) is 20.8 Å². The molecular weight excluding hydrogens is 411 g/mol. The maximum absolute atomic E-state index is 12.1. The molecule has 0 bridgehead atoms. The van der Waals surface area contributed by atoms with E-state index < -0.39 is 9.70 Å². The van der Waals surface area contributed by atoms with Crippen LogP contribution in [0.3, 0.4) is 0 Å². The van der Waals surface area contributed by atoms with Gasteiger partial charge in [0.2, 0.25) is 5.13 Å². The Balaban J connectivity index is 1.84. The lowest BCUT2D eigenvalue weighted by Gasteiger charge is -2.08. The molecule has 11 heteroatoms. The molecule has 0 aliphatic carbocycles. The maximum atomic E-state index is 12.1. The van der Waals surface area contributed by atoms with Crippen molar-refractivity contribution in [2.75, 3.05) is 19.0 Å². The van der Waals surface area contributed by atoms with Crippen molar-refractivity contribution in [2.24, 2.45) is 0 Å². The van der Waals surface area contributed by atoms with Crippen LogP contribution in [0, 0.1) is 0 Å². The number of hydrogen-bond donors (Lipinski definition) is 2. The molecular formula is C14H13Cl3N4O3S. The van der Waals surface area contributed by atoms with E-state index in [1.54, 1.807) is 24.3 Å². The summed E-state index contributed by atoms with van der Waals surface area (Å²) in [6, 6.07) is 6.82. The smallest absolute Gasteiger partial charge is 0.278 e. The molecule has 1 aromatic carbocycles. The monoisotopic (exact) mass is 422 g/mol. The predicted molar refractivity (Wildman–Crippen MR) is 97.9 cm³/mol. The Morgan fingerprint density at radius 2 is 2.04 bits per heavy atom. The van der Waals surface area contributed by atoms with Crippen molar-refractivity contribution in [3.63, 3.8) is 0 Å². The van der Waals surface area contributed by atoms with E-state index in [0.717, 1.165) is 11.3 Å². The van der Waals surface area contributed by atoms with Gasteiger partial charge in [-0.1, -0.05) is 52.2 Å². The first-order chi connectivity index (χ1) is 11.8. The number of hydrogen-bond acceptors (Lipinski definition) is 6. The number of alkyl halides is 3. The second kappa shape index (κ2) is 8.66. The lowest BCUT2D eigenvalue weighted by molar-refractivity contribution is -0.115. The van der Waals surface area contributed by atoms with Gasteiger partial charge in [0.15, 0.2) is 0 Å². The Labute approximate surface area is 162 Å². The summed E-state index contributed by atoms with van der Waals surface area (Å²) in [4.78, 5) is 23.6. The first kappa shape index (κ1) is 19.7. The highest BCUT2D eigenvalue weighted by molar-refractivity contribution is 7.15. The molecule has 0 spiro atoms. The molecule has 0 aliphatic rings.